The van der Waals surface area contributed by atoms with Crippen LogP contribution in [0.2, 0.25) is 0 Å². The fourth-order valence-electron chi connectivity index (χ4n) is 1.23. The van der Waals surface area contributed by atoms with E-state index in [4.69, 9.17) is 4.74 Å². The van der Waals surface area contributed by atoms with Crippen LogP contribution in [0.25, 0.3) is 0 Å². The molecule has 0 aliphatic carbocycles. The number of halogens is 2. The van der Waals surface area contributed by atoms with E-state index in [1.807, 2.05) is 6.07 Å². The molecule has 1 rings (SSSR count). The third kappa shape index (κ3) is 5.33. The summed E-state index contributed by atoms with van der Waals surface area (Å²) >= 11 is 6.49. The normalized spacial score (nSPS) is 11.4. The van der Waals surface area contributed by atoms with Crippen LogP contribution in [0.15, 0.2) is 52.5 Å². The third-order valence-electron chi connectivity index (χ3n) is 1.98. The van der Waals surface area contributed by atoms with Gasteiger partial charge in [-0.2, -0.15) is 0 Å². The van der Waals surface area contributed by atoms with Crippen LogP contribution in [0.3, 0.4) is 0 Å². The van der Waals surface area contributed by atoms with Crippen molar-refractivity contribution in [2.24, 2.45) is 0 Å². The summed E-state index contributed by atoms with van der Waals surface area (Å²) in [5.41, 5.74) is 0.542. The summed E-state index contributed by atoms with van der Waals surface area (Å²) in [5, 5.41) is 0. The number of carbonyl (C=O) groups is 1. The summed E-state index contributed by atoms with van der Waals surface area (Å²) in [4.78, 5) is 11.8. The topological polar surface area (TPSA) is 26.3 Å². The summed E-state index contributed by atoms with van der Waals surface area (Å²) < 4.78 is 6.09. The molecule has 2 nitrogen and oxygen atoms in total. The molecule has 1 aromatic rings. The van der Waals surface area contributed by atoms with E-state index in [0.717, 1.165) is 3.39 Å². The zero-order valence-corrected chi connectivity index (χ0v) is 12.3. The highest BCUT2D eigenvalue weighted by Crippen LogP contribution is 2.17. The van der Waals surface area contributed by atoms with Gasteiger partial charge in [0.2, 0.25) is 0 Å². The second kappa shape index (κ2) is 7.45. The molecule has 0 aliphatic heterocycles. The van der Waals surface area contributed by atoms with Gasteiger partial charge in [0.1, 0.15) is 6.10 Å². The van der Waals surface area contributed by atoms with E-state index >= 15 is 0 Å². The fraction of sp³-hybridized carbons (Fsp3) is 0.154. The predicted octanol–water partition coefficient (Wildman–Crippen LogP) is 4.42. The molecule has 0 aromatic heterocycles. The molecule has 17 heavy (non-hydrogen) atoms. The van der Waals surface area contributed by atoms with Crippen molar-refractivity contribution in [2.75, 3.05) is 0 Å². The number of hydrogen-bond donors (Lipinski definition) is 0. The Labute approximate surface area is 118 Å². The molecule has 90 valence electrons. The number of ether oxygens (including phenoxy) is 1. The summed E-state index contributed by atoms with van der Waals surface area (Å²) in [7, 11) is 0. The van der Waals surface area contributed by atoms with Crippen LogP contribution in [-0.4, -0.2) is 12.1 Å². The second-order valence-corrected chi connectivity index (χ2v) is 6.06. The average Bonchev–Trinajstić information content (AvgIpc) is 2.29. The van der Waals surface area contributed by atoms with E-state index in [0.29, 0.717) is 12.0 Å². The van der Waals surface area contributed by atoms with E-state index in [2.05, 4.69) is 38.4 Å². The van der Waals surface area contributed by atoms with Crippen molar-refractivity contribution in [1.82, 2.24) is 0 Å². The molecule has 0 saturated carbocycles. The van der Waals surface area contributed by atoms with Crippen LogP contribution in [0.5, 0.6) is 0 Å². The minimum atomic E-state index is -0.338. The molecule has 0 spiro atoms. The molecule has 0 N–H and O–H groups in total. The Morgan fingerprint density at radius 2 is 2.00 bits per heavy atom. The molecule has 1 aromatic carbocycles. The molecule has 0 fully saturated rings. The Balaban J connectivity index is 2.71. The molecule has 0 heterocycles. The maximum atomic E-state index is 11.8. The Morgan fingerprint density at radius 3 is 2.53 bits per heavy atom. The van der Waals surface area contributed by atoms with Gasteiger partial charge < -0.3 is 4.74 Å². The Bertz CT molecular complexity index is 409. The summed E-state index contributed by atoms with van der Waals surface area (Å²) in [5.74, 6) is -0.338. The highest BCUT2D eigenvalue weighted by atomic mass is 79.9. The van der Waals surface area contributed by atoms with Crippen molar-refractivity contribution in [1.29, 1.82) is 0 Å². The summed E-state index contributed by atoms with van der Waals surface area (Å²) in [6, 6.07) is 8.90. The van der Waals surface area contributed by atoms with Crippen molar-refractivity contribution in [3.8, 4) is 0 Å². The lowest BCUT2D eigenvalue weighted by atomic mass is 10.2. The van der Waals surface area contributed by atoms with Crippen LogP contribution >= 0.6 is 31.9 Å². The molecule has 0 saturated heterocycles. The first kappa shape index (κ1) is 14.2. The number of benzene rings is 1. The quantitative estimate of drug-likeness (QED) is 0.574. The largest absolute Gasteiger partial charge is 0.454 e. The van der Waals surface area contributed by atoms with Crippen molar-refractivity contribution in [3.05, 3.63) is 58.0 Å². The Kier molecular flexibility index (Phi) is 6.22. The second-order valence-electron chi connectivity index (χ2n) is 3.29. The number of hydrogen-bond acceptors (Lipinski definition) is 2. The maximum absolute atomic E-state index is 11.8. The number of esters is 1. The highest BCUT2D eigenvalue weighted by molar-refractivity contribution is 9.28. The fourth-order valence-corrected chi connectivity index (χ4v) is 1.82. The lowest BCUT2D eigenvalue weighted by molar-refractivity contribution is 0.0400. The van der Waals surface area contributed by atoms with Gasteiger partial charge in [0, 0.05) is 6.42 Å². The van der Waals surface area contributed by atoms with Gasteiger partial charge in [0.15, 0.2) is 0 Å². The minimum Gasteiger partial charge on any atom is -0.454 e. The standard InChI is InChI=1S/C13H12Br2O2/c1-2-6-11(9-12(14)15)17-13(16)10-7-4-3-5-8-10/h2-5,7-9,11H,1,6H2/t11-/m1/s1. The van der Waals surface area contributed by atoms with Gasteiger partial charge in [0.25, 0.3) is 0 Å². The smallest absolute Gasteiger partial charge is 0.338 e. The Morgan fingerprint density at radius 1 is 1.35 bits per heavy atom. The first-order valence-electron chi connectivity index (χ1n) is 5.03. The lowest BCUT2D eigenvalue weighted by Crippen LogP contribution is -2.15. The number of rotatable bonds is 5. The zero-order valence-electron chi connectivity index (χ0n) is 9.11. The van der Waals surface area contributed by atoms with E-state index in [-0.39, 0.29) is 12.1 Å². The molecular formula is C13H12Br2O2. The number of carbonyl (C=O) groups excluding carboxylic acids is 1. The van der Waals surface area contributed by atoms with E-state index in [1.165, 1.54) is 0 Å². The molecule has 0 unspecified atom stereocenters. The van der Waals surface area contributed by atoms with Gasteiger partial charge >= 0.3 is 5.97 Å². The lowest BCUT2D eigenvalue weighted by Gasteiger charge is -2.12. The van der Waals surface area contributed by atoms with E-state index in [1.54, 1.807) is 36.4 Å². The maximum Gasteiger partial charge on any atom is 0.338 e. The highest BCUT2D eigenvalue weighted by Gasteiger charge is 2.12. The van der Waals surface area contributed by atoms with Crippen LogP contribution in [0, 0.1) is 0 Å². The molecule has 0 aliphatic rings. The van der Waals surface area contributed by atoms with Crippen LogP contribution in [0.4, 0.5) is 0 Å². The first-order valence-corrected chi connectivity index (χ1v) is 6.62. The summed E-state index contributed by atoms with van der Waals surface area (Å²) in [6.07, 6.45) is 3.72. The van der Waals surface area contributed by atoms with E-state index < -0.39 is 0 Å². The first-order chi connectivity index (χ1) is 8.13. The molecule has 0 amide bonds. The van der Waals surface area contributed by atoms with Gasteiger partial charge in [-0.15, -0.1) is 6.58 Å². The minimum absolute atomic E-state index is 0.325. The molecular weight excluding hydrogens is 348 g/mol. The Hall–Kier alpha value is -0.870. The van der Waals surface area contributed by atoms with Crippen molar-refractivity contribution in [2.45, 2.75) is 12.5 Å². The van der Waals surface area contributed by atoms with Crippen LogP contribution in [0.1, 0.15) is 16.8 Å². The molecule has 4 heteroatoms. The van der Waals surface area contributed by atoms with Crippen molar-refractivity contribution < 1.29 is 9.53 Å². The summed E-state index contributed by atoms with van der Waals surface area (Å²) in [6.45, 7) is 3.64. The predicted molar refractivity (Wildman–Crippen MR) is 76.4 cm³/mol. The van der Waals surface area contributed by atoms with Gasteiger partial charge in [0.05, 0.1) is 8.96 Å². The molecule has 0 bridgehead atoms. The van der Waals surface area contributed by atoms with Crippen molar-refractivity contribution >= 4 is 37.8 Å². The van der Waals surface area contributed by atoms with Crippen LogP contribution < -0.4 is 0 Å². The zero-order chi connectivity index (χ0) is 12.7. The van der Waals surface area contributed by atoms with Gasteiger partial charge in [-0.05, 0) is 50.1 Å². The van der Waals surface area contributed by atoms with Gasteiger partial charge in [-0.25, -0.2) is 4.79 Å². The monoisotopic (exact) mass is 358 g/mol. The third-order valence-corrected chi connectivity index (χ3v) is 2.51. The SMILES string of the molecule is C=CC[C@H](C=C(Br)Br)OC(=O)c1ccccc1. The molecule has 1 atom stereocenters. The van der Waals surface area contributed by atoms with Crippen molar-refractivity contribution in [3.63, 3.8) is 0 Å². The molecule has 0 radical (unpaired) electrons. The van der Waals surface area contributed by atoms with Gasteiger partial charge in [-0.1, -0.05) is 24.3 Å². The van der Waals surface area contributed by atoms with E-state index in [9.17, 15) is 4.79 Å². The van der Waals surface area contributed by atoms with Crippen LogP contribution in [-0.2, 0) is 4.74 Å². The average molecular weight is 360 g/mol. The van der Waals surface area contributed by atoms with Gasteiger partial charge in [-0.3, -0.25) is 0 Å².